The molecule has 0 bridgehead atoms. The van der Waals surface area contributed by atoms with Crippen molar-refractivity contribution in [2.45, 2.75) is 77.4 Å². The van der Waals surface area contributed by atoms with E-state index in [1.165, 1.54) is 16.3 Å². The van der Waals surface area contributed by atoms with Gasteiger partial charge in [-0.15, -0.1) is 10.2 Å². The molecule has 2 aliphatic rings. The molecule has 0 unspecified atom stereocenters. The molecule has 4 rings (SSSR count). The van der Waals surface area contributed by atoms with E-state index in [0.717, 1.165) is 37.1 Å². The predicted molar refractivity (Wildman–Crippen MR) is 146 cm³/mol. The van der Waals surface area contributed by atoms with Crippen molar-refractivity contribution in [3.63, 3.8) is 0 Å². The number of rotatable bonds is 4. The van der Waals surface area contributed by atoms with Gasteiger partial charge in [-0.3, -0.25) is 4.79 Å². The zero-order chi connectivity index (χ0) is 26.3. The van der Waals surface area contributed by atoms with Gasteiger partial charge in [0.2, 0.25) is 0 Å². The average molecular weight is 491 g/mol. The molecule has 3 heterocycles. The van der Waals surface area contributed by atoms with Crippen LogP contribution in [-0.2, 0) is 7.05 Å². The Hall–Kier alpha value is -3.26. The molecule has 2 aliphatic heterocycles. The van der Waals surface area contributed by atoms with Gasteiger partial charge in [0.05, 0.1) is 11.9 Å². The van der Waals surface area contributed by atoms with Crippen LogP contribution in [0.2, 0.25) is 0 Å². The van der Waals surface area contributed by atoms with Crippen molar-refractivity contribution < 1.29 is 5.11 Å². The van der Waals surface area contributed by atoms with Crippen LogP contribution in [-0.4, -0.2) is 55.5 Å². The topological polar surface area (TPSA) is 95.1 Å². The van der Waals surface area contributed by atoms with Crippen molar-refractivity contribution in [2.75, 3.05) is 7.05 Å². The zero-order valence-corrected chi connectivity index (χ0v) is 22.5. The van der Waals surface area contributed by atoms with Gasteiger partial charge in [0.15, 0.2) is 0 Å². The lowest BCUT2D eigenvalue weighted by Gasteiger charge is -2.49. The smallest absolute Gasteiger partial charge is 0.267 e. The Labute approximate surface area is 213 Å². The molecular weight excluding hydrogens is 452 g/mol. The molecule has 0 radical (unpaired) electrons. The van der Waals surface area contributed by atoms with Gasteiger partial charge < -0.3 is 15.3 Å². The van der Waals surface area contributed by atoms with Crippen molar-refractivity contribution in [1.29, 1.82) is 0 Å². The lowest BCUT2D eigenvalue weighted by Crippen LogP contribution is -2.62. The monoisotopic (exact) mass is 490 g/mol. The average Bonchev–Trinajstić information content (AvgIpc) is 3.01. The molecule has 2 aromatic rings. The van der Waals surface area contributed by atoms with Crippen LogP contribution in [0.3, 0.4) is 0 Å². The molecule has 2 N–H and O–H groups in total. The van der Waals surface area contributed by atoms with E-state index >= 15 is 0 Å². The summed E-state index contributed by atoms with van der Waals surface area (Å²) in [6.45, 7) is 11.2. The number of allylic oxidation sites excluding steroid dienone is 1. The number of hydrogen-bond acceptors (Lipinski definition) is 7. The number of amidine groups is 1. The number of aromatic nitrogens is 2. The third-order valence-corrected chi connectivity index (χ3v) is 7.15. The molecule has 1 saturated heterocycles. The Morgan fingerprint density at radius 2 is 1.81 bits per heavy atom. The van der Waals surface area contributed by atoms with Crippen LogP contribution in [0.1, 0.15) is 65.9 Å². The maximum Gasteiger partial charge on any atom is 0.267 e. The van der Waals surface area contributed by atoms with E-state index in [1.54, 1.807) is 19.3 Å². The van der Waals surface area contributed by atoms with Gasteiger partial charge >= 0.3 is 0 Å². The number of hydrogen-bond donors (Lipinski definition) is 2. The number of aromatic hydroxyl groups is 1. The lowest BCUT2D eigenvalue weighted by molar-refractivity contribution is 0.113. The number of phenols is 1. The summed E-state index contributed by atoms with van der Waals surface area (Å²) in [6.07, 6.45) is 7.29. The Morgan fingerprint density at radius 3 is 2.42 bits per heavy atom. The second-order valence-electron chi connectivity index (χ2n) is 11.3. The SMILES string of the molecule is CCC1=CC(c2ccc(-c3cnn(C)c(=O)c3)cc2O)=NN=C(N(C)C2CC(C)(C)NC(C)(C)C2)C1. The summed E-state index contributed by atoms with van der Waals surface area (Å²) in [5.74, 6) is 1.03. The number of phenolic OH excluding ortho intramolecular Hbond substituents is 1. The van der Waals surface area contributed by atoms with Crippen LogP contribution < -0.4 is 10.9 Å². The van der Waals surface area contributed by atoms with Crippen molar-refractivity contribution in [3.8, 4) is 16.9 Å². The molecule has 1 aromatic heterocycles. The minimum absolute atomic E-state index is 0.0376. The molecule has 8 nitrogen and oxygen atoms in total. The number of piperidine rings is 1. The summed E-state index contributed by atoms with van der Waals surface area (Å²) < 4.78 is 1.27. The van der Waals surface area contributed by atoms with E-state index in [1.807, 2.05) is 18.2 Å². The summed E-state index contributed by atoms with van der Waals surface area (Å²) in [6, 6.07) is 7.20. The molecule has 0 aliphatic carbocycles. The largest absolute Gasteiger partial charge is 0.507 e. The highest BCUT2D eigenvalue weighted by molar-refractivity contribution is 6.12. The van der Waals surface area contributed by atoms with Crippen molar-refractivity contribution in [3.05, 3.63) is 58.0 Å². The number of nitrogens with zero attached hydrogens (tertiary/aromatic N) is 5. The summed E-state index contributed by atoms with van der Waals surface area (Å²) in [5, 5.41) is 28.0. The molecule has 8 heteroatoms. The molecule has 0 saturated carbocycles. The second kappa shape index (κ2) is 9.65. The standard InChI is InChI=1S/C28H38N6O2/c1-8-18-11-23(22-10-9-19(13-24(22)35)20-14-26(36)34(7)29-17-20)30-31-25(12-18)33(6)21-15-27(2,3)32-28(4,5)16-21/h9-11,13-14,17,21,32,35H,8,12,15-16H2,1-7H3. The third kappa shape index (κ3) is 5.59. The first-order valence-electron chi connectivity index (χ1n) is 12.6. The van der Waals surface area contributed by atoms with Crippen LogP contribution in [0.15, 0.2) is 57.1 Å². The van der Waals surface area contributed by atoms with Crippen LogP contribution >= 0.6 is 0 Å². The van der Waals surface area contributed by atoms with Crippen molar-refractivity contribution in [2.24, 2.45) is 17.3 Å². The predicted octanol–water partition coefficient (Wildman–Crippen LogP) is 4.24. The molecule has 0 atom stereocenters. The van der Waals surface area contributed by atoms with Crippen molar-refractivity contribution >= 4 is 11.5 Å². The van der Waals surface area contributed by atoms with E-state index in [0.29, 0.717) is 22.9 Å². The highest BCUT2D eigenvalue weighted by Gasteiger charge is 2.40. The first-order chi connectivity index (χ1) is 16.9. The van der Waals surface area contributed by atoms with Crippen LogP contribution in [0, 0.1) is 0 Å². The summed E-state index contributed by atoms with van der Waals surface area (Å²) >= 11 is 0. The minimum atomic E-state index is -0.203. The maximum absolute atomic E-state index is 12.0. The molecule has 1 fully saturated rings. The van der Waals surface area contributed by atoms with Crippen LogP contribution in [0.5, 0.6) is 5.75 Å². The van der Waals surface area contributed by atoms with Gasteiger partial charge in [-0.2, -0.15) is 5.10 Å². The highest BCUT2D eigenvalue weighted by atomic mass is 16.3. The van der Waals surface area contributed by atoms with Gasteiger partial charge in [-0.05, 0) is 70.7 Å². The fourth-order valence-electron chi connectivity index (χ4n) is 5.49. The molecular formula is C28H38N6O2. The summed E-state index contributed by atoms with van der Waals surface area (Å²) in [7, 11) is 3.73. The van der Waals surface area contributed by atoms with Gasteiger partial charge in [0.1, 0.15) is 11.6 Å². The van der Waals surface area contributed by atoms with E-state index < -0.39 is 0 Å². The zero-order valence-electron chi connectivity index (χ0n) is 22.5. The molecule has 192 valence electrons. The van der Waals surface area contributed by atoms with Crippen LogP contribution in [0.25, 0.3) is 11.1 Å². The van der Waals surface area contributed by atoms with E-state index in [-0.39, 0.29) is 22.4 Å². The summed E-state index contributed by atoms with van der Waals surface area (Å²) in [4.78, 5) is 14.3. The normalized spacial score (nSPS) is 19.7. The third-order valence-electron chi connectivity index (χ3n) is 7.15. The van der Waals surface area contributed by atoms with Gasteiger partial charge in [0, 0.05) is 54.8 Å². The molecule has 0 spiro atoms. The Bertz CT molecular complexity index is 1290. The minimum Gasteiger partial charge on any atom is -0.507 e. The summed E-state index contributed by atoms with van der Waals surface area (Å²) in [5.41, 5.74) is 3.70. The van der Waals surface area contributed by atoms with Crippen molar-refractivity contribution in [1.82, 2.24) is 20.0 Å². The first kappa shape index (κ1) is 25.8. The quantitative estimate of drug-likeness (QED) is 0.669. The Morgan fingerprint density at radius 1 is 1.11 bits per heavy atom. The molecule has 0 amide bonds. The van der Waals surface area contributed by atoms with E-state index in [9.17, 15) is 9.90 Å². The highest BCUT2D eigenvalue weighted by Crippen LogP contribution is 2.33. The fraction of sp³-hybridized carbons (Fsp3) is 0.500. The maximum atomic E-state index is 12.0. The molecule has 36 heavy (non-hydrogen) atoms. The van der Waals surface area contributed by atoms with E-state index in [2.05, 4.69) is 67.2 Å². The second-order valence-corrected chi connectivity index (χ2v) is 11.3. The van der Waals surface area contributed by atoms with Gasteiger partial charge in [-0.25, -0.2) is 4.68 Å². The number of nitrogens with one attached hydrogen (secondary N) is 1. The lowest BCUT2D eigenvalue weighted by atomic mass is 9.79. The number of benzene rings is 1. The van der Waals surface area contributed by atoms with E-state index in [4.69, 9.17) is 0 Å². The molecule has 1 aromatic carbocycles. The first-order valence-corrected chi connectivity index (χ1v) is 12.6. The fourth-order valence-corrected chi connectivity index (χ4v) is 5.49. The number of aryl methyl sites for hydroxylation is 1. The van der Waals surface area contributed by atoms with Crippen LogP contribution in [0.4, 0.5) is 0 Å². The van der Waals surface area contributed by atoms with Gasteiger partial charge in [-0.1, -0.05) is 18.6 Å². The van der Waals surface area contributed by atoms with Gasteiger partial charge in [0.25, 0.3) is 5.56 Å². The Balaban J connectivity index is 1.65. The Kier molecular flexibility index (Phi) is 6.92.